The zero-order chi connectivity index (χ0) is 23.1. The molecule has 3 heterocycles. The second kappa shape index (κ2) is 9.14. The molecule has 3 fully saturated rings. The summed E-state index contributed by atoms with van der Waals surface area (Å²) >= 11 is 0. The molecule has 4 atom stereocenters. The highest BCUT2D eigenvalue weighted by atomic mass is 16.4. The van der Waals surface area contributed by atoms with E-state index in [1.807, 2.05) is 6.92 Å². The third kappa shape index (κ3) is 3.80. The van der Waals surface area contributed by atoms with Crippen LogP contribution < -0.4 is 5.32 Å². The van der Waals surface area contributed by atoms with E-state index in [4.69, 9.17) is 9.40 Å². The van der Waals surface area contributed by atoms with Gasteiger partial charge in [-0.2, -0.15) is 0 Å². The first kappa shape index (κ1) is 22.3. The van der Waals surface area contributed by atoms with Crippen LogP contribution in [0.1, 0.15) is 86.6 Å². The Morgan fingerprint density at radius 1 is 1.12 bits per heavy atom. The second-order valence-electron chi connectivity index (χ2n) is 11.3. The standard InChI is InChI=1S/C29H39N3O2/c1-20-31-27-26(34-20)13-8-15-29(27)19-30-18-24(29)28(33)32-16-14-23(21-9-4-2-5-10-21)17-25(32)22-11-6-3-7-12-22/h2,4-5,9-10,22-25,30H,3,6-8,11-19H2,1H3. The van der Waals surface area contributed by atoms with Gasteiger partial charge < -0.3 is 14.6 Å². The molecule has 1 spiro atoms. The Labute approximate surface area is 203 Å². The predicted molar refractivity (Wildman–Crippen MR) is 133 cm³/mol. The Bertz CT molecular complexity index is 1010. The van der Waals surface area contributed by atoms with Crippen LogP contribution in [0.25, 0.3) is 0 Å². The van der Waals surface area contributed by atoms with Crippen molar-refractivity contribution < 1.29 is 9.21 Å². The molecule has 0 radical (unpaired) electrons. The van der Waals surface area contributed by atoms with E-state index < -0.39 is 0 Å². The Hall–Kier alpha value is -2.14. The van der Waals surface area contributed by atoms with Crippen molar-refractivity contribution in [2.24, 2.45) is 11.8 Å². The van der Waals surface area contributed by atoms with E-state index in [2.05, 4.69) is 40.5 Å². The molecular formula is C29H39N3O2. The summed E-state index contributed by atoms with van der Waals surface area (Å²) in [5.41, 5.74) is 2.33. The number of benzene rings is 1. The number of oxazole rings is 1. The van der Waals surface area contributed by atoms with E-state index >= 15 is 0 Å². The molecule has 2 saturated heterocycles. The van der Waals surface area contributed by atoms with Gasteiger partial charge in [0, 0.05) is 44.4 Å². The number of fused-ring (bicyclic) bond motifs is 2. The summed E-state index contributed by atoms with van der Waals surface area (Å²) in [6.07, 6.45) is 11.8. The molecule has 1 aromatic heterocycles. The minimum Gasteiger partial charge on any atom is -0.446 e. The number of amides is 1. The molecule has 4 aliphatic rings. The van der Waals surface area contributed by atoms with Gasteiger partial charge in [0.2, 0.25) is 5.91 Å². The van der Waals surface area contributed by atoms with E-state index in [1.165, 1.54) is 37.7 Å². The summed E-state index contributed by atoms with van der Waals surface area (Å²) in [4.78, 5) is 21.6. The lowest BCUT2D eigenvalue weighted by atomic mass is 9.67. The summed E-state index contributed by atoms with van der Waals surface area (Å²) in [5.74, 6) is 3.32. The van der Waals surface area contributed by atoms with E-state index in [9.17, 15) is 4.79 Å². The summed E-state index contributed by atoms with van der Waals surface area (Å²) in [6.45, 7) is 4.44. The molecule has 2 aliphatic carbocycles. The number of nitrogens with one attached hydrogen (secondary N) is 1. The first-order chi connectivity index (χ1) is 16.7. The van der Waals surface area contributed by atoms with Crippen LogP contribution in [0.15, 0.2) is 34.7 Å². The maximum absolute atomic E-state index is 14.4. The summed E-state index contributed by atoms with van der Waals surface area (Å²) in [6, 6.07) is 11.4. The van der Waals surface area contributed by atoms with Gasteiger partial charge in [0.1, 0.15) is 5.76 Å². The van der Waals surface area contributed by atoms with Crippen LogP contribution in [-0.4, -0.2) is 41.5 Å². The molecule has 6 rings (SSSR count). The van der Waals surface area contributed by atoms with Crippen molar-refractivity contribution in [1.82, 2.24) is 15.2 Å². The summed E-state index contributed by atoms with van der Waals surface area (Å²) in [7, 11) is 0. The fraction of sp³-hybridized carbons (Fsp3) is 0.655. The number of carbonyl (C=O) groups excluding carboxylic acids is 1. The average Bonchev–Trinajstić information content (AvgIpc) is 3.48. The van der Waals surface area contributed by atoms with Gasteiger partial charge in [-0.1, -0.05) is 49.6 Å². The monoisotopic (exact) mass is 461 g/mol. The molecule has 2 aliphatic heterocycles. The van der Waals surface area contributed by atoms with Gasteiger partial charge in [0.15, 0.2) is 5.89 Å². The Balaban J connectivity index is 1.30. The SMILES string of the molecule is Cc1nc2c(o1)CCCC21CNCC1C(=O)N1CCC(c2ccccc2)CC1C1CCCCC1. The summed E-state index contributed by atoms with van der Waals surface area (Å²) < 4.78 is 5.98. The maximum atomic E-state index is 14.4. The molecule has 34 heavy (non-hydrogen) atoms. The van der Waals surface area contributed by atoms with E-state index in [1.54, 1.807) is 0 Å². The molecular weight excluding hydrogens is 422 g/mol. The van der Waals surface area contributed by atoms with Crippen molar-refractivity contribution in [2.45, 2.75) is 88.5 Å². The number of carbonyl (C=O) groups is 1. The molecule has 1 N–H and O–H groups in total. The van der Waals surface area contributed by atoms with Gasteiger partial charge in [0.05, 0.1) is 11.6 Å². The van der Waals surface area contributed by atoms with Crippen LogP contribution in [-0.2, 0) is 16.6 Å². The highest BCUT2D eigenvalue weighted by molar-refractivity contribution is 5.82. The van der Waals surface area contributed by atoms with E-state index in [0.717, 1.165) is 69.1 Å². The van der Waals surface area contributed by atoms with E-state index in [-0.39, 0.29) is 11.3 Å². The zero-order valence-electron chi connectivity index (χ0n) is 20.6. The smallest absolute Gasteiger partial charge is 0.228 e. The van der Waals surface area contributed by atoms with Crippen molar-refractivity contribution in [3.05, 3.63) is 53.2 Å². The number of rotatable bonds is 3. The first-order valence-electron chi connectivity index (χ1n) is 13.7. The van der Waals surface area contributed by atoms with Crippen LogP contribution in [0.4, 0.5) is 0 Å². The Kier molecular flexibility index (Phi) is 6.00. The number of piperidine rings is 1. The third-order valence-corrected chi connectivity index (χ3v) is 9.45. The number of hydrogen-bond donors (Lipinski definition) is 1. The van der Waals surface area contributed by atoms with Crippen molar-refractivity contribution in [2.75, 3.05) is 19.6 Å². The summed E-state index contributed by atoms with van der Waals surface area (Å²) in [5, 5.41) is 3.60. The minimum absolute atomic E-state index is 0.0320. The van der Waals surface area contributed by atoms with Crippen molar-refractivity contribution in [1.29, 1.82) is 0 Å². The van der Waals surface area contributed by atoms with Gasteiger partial charge in [-0.3, -0.25) is 4.79 Å². The second-order valence-corrected chi connectivity index (χ2v) is 11.3. The third-order valence-electron chi connectivity index (χ3n) is 9.45. The molecule has 1 saturated carbocycles. The van der Waals surface area contributed by atoms with Crippen LogP contribution in [0.5, 0.6) is 0 Å². The molecule has 1 amide bonds. The molecule has 4 unspecified atom stereocenters. The maximum Gasteiger partial charge on any atom is 0.228 e. The highest BCUT2D eigenvalue weighted by Gasteiger charge is 2.54. The molecule has 2 aromatic rings. The predicted octanol–water partition coefficient (Wildman–Crippen LogP) is 5.13. The van der Waals surface area contributed by atoms with Gasteiger partial charge in [0.25, 0.3) is 0 Å². The number of aryl methyl sites for hydroxylation is 2. The lowest BCUT2D eigenvalue weighted by molar-refractivity contribution is -0.143. The van der Waals surface area contributed by atoms with Crippen molar-refractivity contribution >= 4 is 5.91 Å². The highest BCUT2D eigenvalue weighted by Crippen LogP contribution is 2.47. The Morgan fingerprint density at radius 2 is 1.94 bits per heavy atom. The van der Waals surface area contributed by atoms with Gasteiger partial charge in [-0.05, 0) is 55.9 Å². The van der Waals surface area contributed by atoms with Crippen LogP contribution in [0.2, 0.25) is 0 Å². The fourth-order valence-corrected chi connectivity index (χ4v) is 7.77. The topological polar surface area (TPSA) is 58.4 Å². The van der Waals surface area contributed by atoms with Crippen LogP contribution in [0.3, 0.4) is 0 Å². The largest absolute Gasteiger partial charge is 0.446 e. The van der Waals surface area contributed by atoms with Gasteiger partial charge in [-0.25, -0.2) is 4.98 Å². The van der Waals surface area contributed by atoms with Crippen molar-refractivity contribution in [3.63, 3.8) is 0 Å². The molecule has 5 nitrogen and oxygen atoms in total. The lowest BCUT2D eigenvalue weighted by Gasteiger charge is -2.47. The molecule has 1 aromatic carbocycles. The lowest BCUT2D eigenvalue weighted by Crippen LogP contribution is -2.55. The fourth-order valence-electron chi connectivity index (χ4n) is 7.77. The normalized spacial score (nSPS) is 32.1. The number of aromatic nitrogens is 1. The van der Waals surface area contributed by atoms with Crippen LogP contribution in [0, 0.1) is 18.8 Å². The minimum atomic E-state index is -0.199. The molecule has 0 bridgehead atoms. The number of hydrogen-bond acceptors (Lipinski definition) is 4. The Morgan fingerprint density at radius 3 is 2.76 bits per heavy atom. The van der Waals surface area contributed by atoms with Crippen molar-refractivity contribution in [3.8, 4) is 0 Å². The van der Waals surface area contributed by atoms with E-state index in [0.29, 0.717) is 23.8 Å². The number of nitrogens with zero attached hydrogens (tertiary/aromatic N) is 2. The quantitative estimate of drug-likeness (QED) is 0.688. The first-order valence-corrected chi connectivity index (χ1v) is 13.7. The number of likely N-dealkylation sites (tertiary alicyclic amines) is 1. The average molecular weight is 462 g/mol. The molecule has 5 heteroatoms. The van der Waals surface area contributed by atoms with Crippen LogP contribution >= 0.6 is 0 Å². The zero-order valence-corrected chi connectivity index (χ0v) is 20.6. The van der Waals surface area contributed by atoms with Gasteiger partial charge >= 0.3 is 0 Å². The molecule has 182 valence electrons. The van der Waals surface area contributed by atoms with Gasteiger partial charge in [-0.15, -0.1) is 0 Å².